The molecule has 0 saturated carbocycles. The summed E-state index contributed by atoms with van der Waals surface area (Å²) in [6.07, 6.45) is 0.343. The van der Waals surface area contributed by atoms with Crippen molar-refractivity contribution in [2.45, 2.75) is 12.5 Å². The molecule has 0 aromatic heterocycles. The van der Waals surface area contributed by atoms with E-state index in [1.807, 2.05) is 30.3 Å². The van der Waals surface area contributed by atoms with E-state index in [9.17, 15) is 14.7 Å². The number of carbonyl (C=O) groups is 2. The van der Waals surface area contributed by atoms with E-state index >= 15 is 0 Å². The van der Waals surface area contributed by atoms with Crippen molar-refractivity contribution in [3.63, 3.8) is 0 Å². The Morgan fingerprint density at radius 1 is 1.33 bits per heavy atom. The highest BCUT2D eigenvalue weighted by atomic mass is 16.4. The third-order valence-electron chi connectivity index (χ3n) is 3.18. The van der Waals surface area contributed by atoms with Gasteiger partial charge in [0.05, 0.1) is 0 Å². The molecule has 1 atom stereocenters. The molecular weight excluding hydrogens is 232 g/mol. The lowest BCUT2D eigenvalue weighted by Gasteiger charge is -2.23. The van der Waals surface area contributed by atoms with Crippen LogP contribution in [0.5, 0.6) is 0 Å². The van der Waals surface area contributed by atoms with Crippen LogP contribution in [0.1, 0.15) is 5.56 Å². The molecule has 0 spiro atoms. The van der Waals surface area contributed by atoms with Crippen molar-refractivity contribution in [1.29, 1.82) is 0 Å². The Kier molecular flexibility index (Phi) is 3.50. The summed E-state index contributed by atoms with van der Waals surface area (Å²) in [5, 5.41) is 9.29. The summed E-state index contributed by atoms with van der Waals surface area (Å²) in [6, 6.07) is 8.37. The summed E-state index contributed by atoms with van der Waals surface area (Å²) in [5.74, 6) is -0.956. The Morgan fingerprint density at radius 3 is 2.50 bits per heavy atom. The van der Waals surface area contributed by atoms with E-state index < -0.39 is 12.0 Å². The maximum atomic E-state index is 11.8. The fourth-order valence-corrected chi connectivity index (χ4v) is 2.13. The molecule has 5 nitrogen and oxygen atoms in total. The van der Waals surface area contributed by atoms with Gasteiger partial charge in [-0.2, -0.15) is 0 Å². The highest BCUT2D eigenvalue weighted by Gasteiger charge is 2.35. The molecule has 1 aromatic rings. The Hall–Kier alpha value is -2.04. The highest BCUT2D eigenvalue weighted by molar-refractivity contribution is 5.84. The third kappa shape index (κ3) is 2.45. The molecule has 1 aliphatic rings. The molecule has 1 N–H and O–H groups in total. The van der Waals surface area contributed by atoms with E-state index in [4.69, 9.17) is 0 Å². The first-order valence-corrected chi connectivity index (χ1v) is 5.88. The van der Waals surface area contributed by atoms with Gasteiger partial charge in [-0.25, -0.2) is 9.59 Å². The lowest BCUT2D eigenvalue weighted by molar-refractivity contribution is -0.141. The van der Waals surface area contributed by atoms with E-state index in [0.717, 1.165) is 5.56 Å². The second kappa shape index (κ2) is 5.08. The van der Waals surface area contributed by atoms with Crippen LogP contribution in [0.25, 0.3) is 0 Å². The predicted molar refractivity (Wildman–Crippen MR) is 66.3 cm³/mol. The molecule has 0 aliphatic carbocycles. The second-order valence-electron chi connectivity index (χ2n) is 4.44. The lowest BCUT2D eigenvalue weighted by Crippen LogP contribution is -2.44. The van der Waals surface area contributed by atoms with E-state index in [1.165, 1.54) is 4.90 Å². The molecule has 96 valence electrons. The molecule has 1 saturated heterocycles. The average molecular weight is 248 g/mol. The molecule has 1 aromatic carbocycles. The Balaban J connectivity index is 2.15. The number of hydrogen-bond donors (Lipinski definition) is 1. The van der Waals surface area contributed by atoms with Crippen LogP contribution in [0.4, 0.5) is 4.79 Å². The first kappa shape index (κ1) is 12.4. The van der Waals surface area contributed by atoms with Crippen LogP contribution in [0.3, 0.4) is 0 Å². The fourth-order valence-electron chi connectivity index (χ4n) is 2.13. The molecule has 1 fully saturated rings. The third-order valence-corrected chi connectivity index (χ3v) is 3.18. The summed E-state index contributed by atoms with van der Waals surface area (Å²) in [5.41, 5.74) is 0.923. The SMILES string of the molecule is CN1CCN(C(Cc2ccccc2)C(=O)O)C1=O. The van der Waals surface area contributed by atoms with Gasteiger partial charge in [0.15, 0.2) is 0 Å². The number of rotatable bonds is 4. The Morgan fingerprint density at radius 2 is 2.00 bits per heavy atom. The van der Waals surface area contributed by atoms with Crippen LogP contribution in [-0.4, -0.2) is 53.1 Å². The van der Waals surface area contributed by atoms with Gasteiger partial charge in [-0.3, -0.25) is 0 Å². The monoisotopic (exact) mass is 248 g/mol. The quantitative estimate of drug-likeness (QED) is 0.866. The number of urea groups is 1. The summed E-state index contributed by atoms with van der Waals surface area (Å²) in [4.78, 5) is 26.1. The molecule has 1 aliphatic heterocycles. The van der Waals surface area contributed by atoms with Gasteiger partial charge >= 0.3 is 12.0 Å². The van der Waals surface area contributed by atoms with Gasteiger partial charge in [0.1, 0.15) is 6.04 Å². The molecular formula is C13H16N2O3. The second-order valence-corrected chi connectivity index (χ2v) is 4.44. The van der Waals surface area contributed by atoms with Gasteiger partial charge in [-0.05, 0) is 5.56 Å². The first-order valence-electron chi connectivity index (χ1n) is 5.88. The molecule has 1 heterocycles. The number of carboxylic acids is 1. The molecule has 18 heavy (non-hydrogen) atoms. The highest BCUT2D eigenvalue weighted by Crippen LogP contribution is 2.15. The minimum atomic E-state index is -0.956. The number of benzene rings is 1. The van der Waals surface area contributed by atoms with Crippen molar-refractivity contribution in [3.8, 4) is 0 Å². The van der Waals surface area contributed by atoms with Crippen molar-refractivity contribution < 1.29 is 14.7 Å². The average Bonchev–Trinajstić information content (AvgIpc) is 2.68. The number of nitrogens with zero attached hydrogens (tertiary/aromatic N) is 2. The maximum Gasteiger partial charge on any atom is 0.326 e. The van der Waals surface area contributed by atoms with Crippen molar-refractivity contribution in [1.82, 2.24) is 9.80 Å². The smallest absolute Gasteiger partial charge is 0.326 e. The van der Waals surface area contributed by atoms with Crippen molar-refractivity contribution in [3.05, 3.63) is 35.9 Å². The standard InChI is InChI=1S/C13H16N2O3/c1-14-7-8-15(13(14)18)11(12(16)17)9-10-5-3-2-4-6-10/h2-6,11H,7-9H2,1H3,(H,16,17). The Labute approximate surface area is 106 Å². The number of hydrogen-bond acceptors (Lipinski definition) is 2. The zero-order valence-corrected chi connectivity index (χ0v) is 10.2. The molecule has 0 bridgehead atoms. The summed E-state index contributed by atoms with van der Waals surface area (Å²) < 4.78 is 0. The van der Waals surface area contributed by atoms with E-state index in [-0.39, 0.29) is 6.03 Å². The minimum Gasteiger partial charge on any atom is -0.480 e. The number of carbonyl (C=O) groups excluding carboxylic acids is 1. The topological polar surface area (TPSA) is 60.9 Å². The van der Waals surface area contributed by atoms with Crippen molar-refractivity contribution in [2.24, 2.45) is 0 Å². The maximum absolute atomic E-state index is 11.8. The van der Waals surface area contributed by atoms with Crippen molar-refractivity contribution in [2.75, 3.05) is 20.1 Å². The summed E-state index contributed by atoms with van der Waals surface area (Å²) in [6.45, 7) is 1.05. The van der Waals surface area contributed by atoms with Gasteiger partial charge in [0.25, 0.3) is 0 Å². The number of aliphatic carboxylic acids is 1. The van der Waals surface area contributed by atoms with Crippen LogP contribution >= 0.6 is 0 Å². The number of amides is 2. The molecule has 1 unspecified atom stereocenters. The normalized spacial score (nSPS) is 17.1. The molecule has 2 amide bonds. The summed E-state index contributed by atoms with van der Waals surface area (Å²) in [7, 11) is 1.68. The minimum absolute atomic E-state index is 0.210. The fraction of sp³-hybridized carbons (Fsp3) is 0.385. The molecule has 0 radical (unpaired) electrons. The number of carboxylic acid groups (broad SMARTS) is 1. The van der Waals surface area contributed by atoms with Gasteiger partial charge < -0.3 is 14.9 Å². The molecule has 5 heteroatoms. The van der Waals surface area contributed by atoms with E-state index in [1.54, 1.807) is 11.9 Å². The van der Waals surface area contributed by atoms with E-state index in [2.05, 4.69) is 0 Å². The molecule has 2 rings (SSSR count). The van der Waals surface area contributed by atoms with Gasteiger partial charge in [0, 0.05) is 26.6 Å². The van der Waals surface area contributed by atoms with Gasteiger partial charge in [0.2, 0.25) is 0 Å². The van der Waals surface area contributed by atoms with Crippen LogP contribution in [-0.2, 0) is 11.2 Å². The first-order chi connectivity index (χ1) is 8.59. The number of likely N-dealkylation sites (N-methyl/N-ethyl adjacent to an activating group) is 1. The van der Waals surface area contributed by atoms with Gasteiger partial charge in [-0.1, -0.05) is 30.3 Å². The lowest BCUT2D eigenvalue weighted by atomic mass is 10.1. The van der Waals surface area contributed by atoms with Gasteiger partial charge in [-0.15, -0.1) is 0 Å². The van der Waals surface area contributed by atoms with E-state index in [0.29, 0.717) is 19.5 Å². The van der Waals surface area contributed by atoms with Crippen LogP contribution in [0, 0.1) is 0 Å². The largest absolute Gasteiger partial charge is 0.480 e. The zero-order chi connectivity index (χ0) is 13.1. The van der Waals surface area contributed by atoms with Crippen molar-refractivity contribution >= 4 is 12.0 Å². The Bertz CT molecular complexity index is 447. The predicted octanol–water partition coefficient (Wildman–Crippen LogP) is 1.05. The zero-order valence-electron chi connectivity index (χ0n) is 10.2. The summed E-state index contributed by atoms with van der Waals surface area (Å²) >= 11 is 0. The van der Waals surface area contributed by atoms with Crippen LogP contribution in [0.15, 0.2) is 30.3 Å². The van der Waals surface area contributed by atoms with Crippen LogP contribution < -0.4 is 0 Å². The van der Waals surface area contributed by atoms with Crippen LogP contribution in [0.2, 0.25) is 0 Å².